The number of nitrogens with zero attached hydrogens (tertiary/aromatic N) is 1. The Labute approximate surface area is 254 Å². The number of urea groups is 1. The fourth-order valence-electron chi connectivity index (χ4n) is 6.84. The van der Waals surface area contributed by atoms with Gasteiger partial charge in [-0.05, 0) is 42.3 Å². The summed E-state index contributed by atoms with van der Waals surface area (Å²) in [6, 6.07) is 33.0. The highest BCUT2D eigenvalue weighted by Crippen LogP contribution is 2.59. The van der Waals surface area contributed by atoms with Crippen molar-refractivity contribution in [3.63, 3.8) is 0 Å². The van der Waals surface area contributed by atoms with Crippen LogP contribution in [0.4, 0.5) is 16.2 Å². The number of hydrogen-bond acceptors (Lipinski definition) is 3. The lowest BCUT2D eigenvalue weighted by Gasteiger charge is -2.39. The molecule has 1 saturated heterocycles. The van der Waals surface area contributed by atoms with Gasteiger partial charge in [0, 0.05) is 38.9 Å². The minimum absolute atomic E-state index is 0.156. The number of unbranched alkanes of at least 4 members (excludes halogenated alkanes) is 1. The summed E-state index contributed by atoms with van der Waals surface area (Å²) in [5.41, 5.74) is 1.77. The molecule has 0 aliphatic carbocycles. The van der Waals surface area contributed by atoms with Gasteiger partial charge in [-0.1, -0.05) is 115 Å². The van der Waals surface area contributed by atoms with E-state index in [1.165, 1.54) is 0 Å². The number of benzene rings is 4. The van der Waals surface area contributed by atoms with Gasteiger partial charge in [0.05, 0.1) is 5.92 Å². The standard InChI is InChI=1S/C35H32BrN3O3/c1-2-3-18-29-30(23-12-6-4-7-13-23)31(32(40)24-14-8-5-9-15-24)35(27-16-10-11-17-28(27)38-33(35)41)39(29)34(42)37-26-21-19-25(36)20-22-26/h4-17,19-22,29-31H,2-3,18H2,1H3,(H,37,42)(H,38,41). The van der Waals surface area contributed by atoms with E-state index < -0.39 is 29.4 Å². The highest BCUT2D eigenvalue weighted by atomic mass is 79.9. The number of amides is 3. The van der Waals surface area contributed by atoms with Crippen LogP contribution in [0.15, 0.2) is 114 Å². The van der Waals surface area contributed by atoms with Gasteiger partial charge in [-0.25, -0.2) is 4.79 Å². The molecule has 212 valence electrons. The van der Waals surface area contributed by atoms with Crippen LogP contribution in [-0.4, -0.2) is 28.7 Å². The van der Waals surface area contributed by atoms with E-state index >= 15 is 0 Å². The number of anilines is 2. The Kier molecular flexibility index (Phi) is 7.69. The summed E-state index contributed by atoms with van der Waals surface area (Å²) in [6.07, 6.45) is 2.38. The molecule has 1 fully saturated rings. The summed E-state index contributed by atoms with van der Waals surface area (Å²) >= 11 is 3.46. The first-order valence-corrected chi connectivity index (χ1v) is 15.2. The second-order valence-electron chi connectivity index (χ2n) is 10.9. The average Bonchev–Trinajstić information content (AvgIpc) is 3.49. The molecule has 3 amide bonds. The van der Waals surface area contributed by atoms with E-state index in [4.69, 9.17) is 0 Å². The van der Waals surface area contributed by atoms with Gasteiger partial charge in [0.15, 0.2) is 11.3 Å². The molecule has 0 bridgehead atoms. The number of likely N-dealkylation sites (tertiary alicyclic amines) is 1. The third-order valence-corrected chi connectivity index (χ3v) is 9.09. The molecule has 2 heterocycles. The number of rotatable bonds is 7. The molecule has 4 unspecified atom stereocenters. The molecule has 6 nitrogen and oxygen atoms in total. The minimum atomic E-state index is -1.55. The van der Waals surface area contributed by atoms with Crippen LogP contribution < -0.4 is 10.6 Å². The van der Waals surface area contributed by atoms with Gasteiger partial charge in [0.2, 0.25) is 0 Å². The van der Waals surface area contributed by atoms with Crippen molar-refractivity contribution in [1.29, 1.82) is 0 Å². The number of nitrogens with one attached hydrogen (secondary N) is 2. The van der Waals surface area contributed by atoms with Gasteiger partial charge in [0.25, 0.3) is 5.91 Å². The Morgan fingerprint density at radius 1 is 0.881 bits per heavy atom. The van der Waals surface area contributed by atoms with Gasteiger partial charge >= 0.3 is 6.03 Å². The zero-order valence-corrected chi connectivity index (χ0v) is 24.9. The Balaban J connectivity index is 1.62. The molecule has 0 saturated carbocycles. The first-order chi connectivity index (χ1) is 20.5. The van der Waals surface area contributed by atoms with E-state index in [1.807, 2.05) is 97.1 Å². The second-order valence-corrected chi connectivity index (χ2v) is 11.8. The molecule has 4 aromatic carbocycles. The molecule has 4 atom stereocenters. The molecule has 2 aliphatic rings. The first-order valence-electron chi connectivity index (χ1n) is 14.4. The van der Waals surface area contributed by atoms with Crippen molar-refractivity contribution in [1.82, 2.24) is 4.90 Å². The molecule has 4 aromatic rings. The third-order valence-electron chi connectivity index (χ3n) is 8.56. The molecular weight excluding hydrogens is 590 g/mol. The zero-order valence-electron chi connectivity index (χ0n) is 23.3. The lowest BCUT2D eigenvalue weighted by Crippen LogP contribution is -2.57. The van der Waals surface area contributed by atoms with Crippen LogP contribution in [0.3, 0.4) is 0 Å². The SMILES string of the molecule is CCCCC1C(c2ccccc2)C(C(=O)c2ccccc2)C2(C(=O)Nc3ccccc32)N1C(=O)Nc1ccc(Br)cc1. The van der Waals surface area contributed by atoms with Crippen LogP contribution in [0.1, 0.15) is 53.6 Å². The van der Waals surface area contributed by atoms with Crippen LogP contribution >= 0.6 is 15.9 Å². The van der Waals surface area contributed by atoms with Crippen molar-refractivity contribution in [3.8, 4) is 0 Å². The summed E-state index contributed by atoms with van der Waals surface area (Å²) in [7, 11) is 0. The van der Waals surface area contributed by atoms with Crippen molar-refractivity contribution in [2.75, 3.05) is 10.6 Å². The molecular formula is C35H32BrN3O3. The van der Waals surface area contributed by atoms with Crippen LogP contribution in [0.25, 0.3) is 0 Å². The van der Waals surface area contributed by atoms with Crippen molar-refractivity contribution < 1.29 is 14.4 Å². The van der Waals surface area contributed by atoms with E-state index in [0.717, 1.165) is 22.9 Å². The van der Waals surface area contributed by atoms with Crippen LogP contribution in [0, 0.1) is 5.92 Å². The Hall–Kier alpha value is -4.23. The van der Waals surface area contributed by atoms with E-state index in [9.17, 15) is 14.4 Å². The van der Waals surface area contributed by atoms with Gasteiger partial charge in [-0.3, -0.25) is 9.59 Å². The third kappa shape index (κ3) is 4.62. The predicted octanol–water partition coefficient (Wildman–Crippen LogP) is 7.99. The lowest BCUT2D eigenvalue weighted by molar-refractivity contribution is -0.126. The van der Waals surface area contributed by atoms with Crippen molar-refractivity contribution >= 4 is 45.0 Å². The van der Waals surface area contributed by atoms with E-state index in [1.54, 1.807) is 17.0 Å². The fourth-order valence-corrected chi connectivity index (χ4v) is 7.10. The summed E-state index contributed by atoms with van der Waals surface area (Å²) in [5.74, 6) is -1.79. The number of ketones is 1. The summed E-state index contributed by atoms with van der Waals surface area (Å²) in [5, 5.41) is 6.12. The maximum Gasteiger partial charge on any atom is 0.323 e. The first kappa shape index (κ1) is 27.9. The molecule has 6 rings (SSSR count). The van der Waals surface area contributed by atoms with Gasteiger partial charge < -0.3 is 15.5 Å². The van der Waals surface area contributed by atoms with E-state index in [-0.39, 0.29) is 11.7 Å². The lowest BCUT2D eigenvalue weighted by atomic mass is 9.69. The zero-order chi connectivity index (χ0) is 29.3. The number of para-hydroxylation sites is 1. The molecule has 0 radical (unpaired) electrons. The highest BCUT2D eigenvalue weighted by molar-refractivity contribution is 9.10. The average molecular weight is 623 g/mol. The van der Waals surface area contributed by atoms with Crippen LogP contribution in [0.5, 0.6) is 0 Å². The Morgan fingerprint density at radius 2 is 1.52 bits per heavy atom. The number of halogens is 1. The molecule has 42 heavy (non-hydrogen) atoms. The van der Waals surface area contributed by atoms with Crippen molar-refractivity contribution in [2.45, 2.75) is 43.7 Å². The maximum absolute atomic E-state index is 14.8. The molecule has 1 spiro atoms. The molecule has 0 aromatic heterocycles. The quantitative estimate of drug-likeness (QED) is 0.205. The fraction of sp³-hybridized carbons (Fsp3) is 0.229. The van der Waals surface area contributed by atoms with Crippen molar-refractivity contribution in [2.24, 2.45) is 5.92 Å². The normalized spacial score (nSPS) is 22.6. The number of fused-ring (bicyclic) bond motifs is 2. The predicted molar refractivity (Wildman–Crippen MR) is 169 cm³/mol. The van der Waals surface area contributed by atoms with Gasteiger partial charge in [-0.2, -0.15) is 0 Å². The smallest absolute Gasteiger partial charge is 0.323 e. The monoisotopic (exact) mass is 621 g/mol. The summed E-state index contributed by atoms with van der Waals surface area (Å²) < 4.78 is 0.890. The second kappa shape index (κ2) is 11.6. The number of carbonyl (C=O) groups is 3. The minimum Gasteiger partial charge on any atom is -0.323 e. The van der Waals surface area contributed by atoms with Crippen LogP contribution in [0.2, 0.25) is 0 Å². The summed E-state index contributed by atoms with van der Waals surface area (Å²) in [4.78, 5) is 45.6. The number of Topliss-reactive ketones (excluding diaryl/α,β-unsaturated/α-hetero) is 1. The topological polar surface area (TPSA) is 78.5 Å². The number of hydrogen-bond donors (Lipinski definition) is 2. The van der Waals surface area contributed by atoms with Crippen molar-refractivity contribution in [3.05, 3.63) is 130 Å². The highest BCUT2D eigenvalue weighted by Gasteiger charge is 2.70. The van der Waals surface area contributed by atoms with E-state index in [0.29, 0.717) is 28.9 Å². The van der Waals surface area contributed by atoms with Crippen LogP contribution in [-0.2, 0) is 10.3 Å². The Bertz CT molecular complexity index is 1610. The largest absolute Gasteiger partial charge is 0.323 e. The number of carbonyl (C=O) groups excluding carboxylic acids is 3. The van der Waals surface area contributed by atoms with Gasteiger partial charge in [0.1, 0.15) is 0 Å². The summed E-state index contributed by atoms with van der Waals surface area (Å²) in [6.45, 7) is 2.11. The molecule has 7 heteroatoms. The van der Waals surface area contributed by atoms with Gasteiger partial charge in [-0.15, -0.1) is 0 Å². The molecule has 2 aliphatic heterocycles. The molecule has 2 N–H and O–H groups in total. The van der Waals surface area contributed by atoms with E-state index in [2.05, 4.69) is 33.5 Å². The maximum atomic E-state index is 14.8. The Morgan fingerprint density at radius 3 is 2.21 bits per heavy atom.